The van der Waals surface area contributed by atoms with Crippen molar-refractivity contribution >= 4 is 13.1 Å². The van der Waals surface area contributed by atoms with Crippen LogP contribution >= 0.6 is 0 Å². The fourth-order valence-corrected chi connectivity index (χ4v) is 1.84. The summed E-state index contributed by atoms with van der Waals surface area (Å²) in [5, 5.41) is 18.6. The van der Waals surface area contributed by atoms with Gasteiger partial charge in [-0.15, -0.1) is 0 Å². The van der Waals surface area contributed by atoms with Gasteiger partial charge in [0.15, 0.2) is 0 Å². The highest BCUT2D eigenvalue weighted by Gasteiger charge is 2.35. The molecule has 2 rings (SSSR count). The zero-order valence-corrected chi connectivity index (χ0v) is 9.21. The second-order valence-corrected chi connectivity index (χ2v) is 3.81. The van der Waals surface area contributed by atoms with Crippen molar-refractivity contribution in [2.45, 2.75) is 12.4 Å². The lowest BCUT2D eigenvalue weighted by atomic mass is 9.73. The molecule has 1 aliphatic rings. The summed E-state index contributed by atoms with van der Waals surface area (Å²) in [6.07, 6.45) is 0.362. The molecular weight excluding hydrogens is 225 g/mol. The van der Waals surface area contributed by atoms with Crippen molar-refractivity contribution in [1.29, 1.82) is 0 Å². The van der Waals surface area contributed by atoms with Crippen LogP contribution in [0.4, 0.5) is 0 Å². The van der Waals surface area contributed by atoms with Crippen molar-refractivity contribution < 1.29 is 24.3 Å². The number of carboxylic acid groups (broad SMARTS) is 1. The van der Waals surface area contributed by atoms with E-state index in [9.17, 15) is 9.82 Å². The van der Waals surface area contributed by atoms with E-state index in [0.717, 1.165) is 0 Å². The van der Waals surface area contributed by atoms with Gasteiger partial charge in [0.1, 0.15) is 17.1 Å². The van der Waals surface area contributed by atoms with Gasteiger partial charge in [-0.1, -0.05) is 6.07 Å². The number of methoxy groups -OCH3 is 1. The molecule has 7 heteroatoms. The Labute approximate surface area is 98.1 Å². The lowest BCUT2D eigenvalue weighted by Gasteiger charge is -2.26. The van der Waals surface area contributed by atoms with E-state index in [4.69, 9.17) is 20.2 Å². The second-order valence-electron chi connectivity index (χ2n) is 3.81. The van der Waals surface area contributed by atoms with E-state index in [1.54, 1.807) is 12.1 Å². The molecule has 4 N–H and O–H groups in total. The monoisotopic (exact) mass is 237 g/mol. The predicted molar refractivity (Wildman–Crippen MR) is 60.2 cm³/mol. The first-order valence-corrected chi connectivity index (χ1v) is 5.08. The van der Waals surface area contributed by atoms with Gasteiger partial charge < -0.3 is 25.3 Å². The third-order valence-electron chi connectivity index (χ3n) is 2.70. The van der Waals surface area contributed by atoms with E-state index in [0.29, 0.717) is 12.0 Å². The van der Waals surface area contributed by atoms with Crippen molar-refractivity contribution in [3.8, 4) is 11.5 Å². The molecule has 0 fully saturated rings. The molecule has 1 atom stereocenters. The number of ether oxygens (including phenoxy) is 1. The number of hydrogen-bond donors (Lipinski definition) is 3. The van der Waals surface area contributed by atoms with Crippen molar-refractivity contribution in [1.82, 2.24) is 0 Å². The molecule has 1 unspecified atom stereocenters. The molecule has 0 radical (unpaired) electrons. The van der Waals surface area contributed by atoms with E-state index in [1.165, 1.54) is 7.11 Å². The smallest absolute Gasteiger partial charge is 0.534 e. The molecule has 1 heterocycles. The molecule has 17 heavy (non-hydrogen) atoms. The van der Waals surface area contributed by atoms with Gasteiger partial charge in [0.2, 0.25) is 0 Å². The van der Waals surface area contributed by atoms with Gasteiger partial charge in [-0.2, -0.15) is 0 Å². The fourth-order valence-electron chi connectivity index (χ4n) is 1.84. The fraction of sp³-hybridized carbons (Fsp3) is 0.300. The van der Waals surface area contributed by atoms with Gasteiger partial charge in [0.25, 0.3) is 0 Å². The van der Waals surface area contributed by atoms with E-state index in [2.05, 4.69) is 0 Å². The van der Waals surface area contributed by atoms with Crippen LogP contribution in [0, 0.1) is 0 Å². The number of aromatic carboxylic acids is 1. The molecule has 0 saturated heterocycles. The lowest BCUT2D eigenvalue weighted by molar-refractivity contribution is 0.0690. The number of carboxylic acids is 1. The lowest BCUT2D eigenvalue weighted by Crippen LogP contribution is -2.48. The Balaban J connectivity index is 2.56. The highest BCUT2D eigenvalue weighted by molar-refractivity contribution is 6.46. The van der Waals surface area contributed by atoms with Crippen molar-refractivity contribution in [3.05, 3.63) is 23.3 Å². The third-order valence-corrected chi connectivity index (χ3v) is 2.70. The summed E-state index contributed by atoms with van der Waals surface area (Å²) in [5.41, 5.74) is 6.20. The van der Waals surface area contributed by atoms with E-state index < -0.39 is 19.0 Å². The number of rotatable bonds is 2. The van der Waals surface area contributed by atoms with Crippen molar-refractivity contribution in [2.24, 2.45) is 5.73 Å². The summed E-state index contributed by atoms with van der Waals surface area (Å²) in [6, 6.07) is 3.24. The van der Waals surface area contributed by atoms with Gasteiger partial charge in [-0.25, -0.2) is 4.79 Å². The molecule has 0 aliphatic carbocycles. The number of fused-ring (bicyclic) bond motifs is 1. The molecule has 0 aromatic heterocycles. The average Bonchev–Trinajstić information content (AvgIpc) is 2.29. The largest absolute Gasteiger partial charge is 0.540 e. The molecule has 1 aromatic carbocycles. The summed E-state index contributed by atoms with van der Waals surface area (Å²) < 4.78 is 10.1. The maximum Gasteiger partial charge on any atom is 0.540 e. The number of nitrogens with two attached hydrogens (primary N) is 1. The van der Waals surface area contributed by atoms with Crippen LogP contribution in [-0.4, -0.2) is 36.3 Å². The Morgan fingerprint density at radius 2 is 2.35 bits per heavy atom. The molecule has 1 aromatic rings. The average molecular weight is 237 g/mol. The third kappa shape index (κ3) is 1.94. The van der Waals surface area contributed by atoms with Crippen LogP contribution in [0.5, 0.6) is 11.5 Å². The first kappa shape index (κ1) is 11.8. The zero-order valence-electron chi connectivity index (χ0n) is 9.21. The highest BCUT2D eigenvalue weighted by Crippen LogP contribution is 2.35. The minimum absolute atomic E-state index is 0.0871. The molecule has 6 nitrogen and oxygen atoms in total. The minimum atomic E-state index is -1.20. The van der Waals surface area contributed by atoms with Gasteiger partial charge in [-0.3, -0.25) is 0 Å². The maximum atomic E-state index is 11.2. The molecule has 0 bridgehead atoms. The molecule has 0 amide bonds. The predicted octanol–water partition coefficient (Wildman–Crippen LogP) is -0.325. The SMILES string of the molecule is COc1ccc2c(c1C(=O)O)OB(O)C(N)C2. The summed E-state index contributed by atoms with van der Waals surface area (Å²) in [7, 11) is 0.173. The normalized spacial score (nSPS) is 18.3. The topological polar surface area (TPSA) is 102 Å². The Morgan fingerprint density at radius 1 is 1.65 bits per heavy atom. The van der Waals surface area contributed by atoms with Crippen LogP contribution in [0.1, 0.15) is 15.9 Å². The van der Waals surface area contributed by atoms with Crippen molar-refractivity contribution in [3.63, 3.8) is 0 Å². The second kappa shape index (κ2) is 4.27. The Hall–Kier alpha value is -1.73. The Bertz CT molecular complexity index is 464. The highest BCUT2D eigenvalue weighted by atomic mass is 16.5. The summed E-state index contributed by atoms with van der Waals surface area (Å²) in [6.45, 7) is 0. The van der Waals surface area contributed by atoms with E-state index >= 15 is 0 Å². The van der Waals surface area contributed by atoms with Gasteiger partial charge in [0.05, 0.1) is 13.1 Å². The summed E-state index contributed by atoms with van der Waals surface area (Å²) in [5.74, 6) is -1.40. The molecule has 1 aliphatic heterocycles. The molecule has 0 spiro atoms. The van der Waals surface area contributed by atoms with Gasteiger partial charge in [-0.05, 0) is 18.1 Å². The maximum absolute atomic E-state index is 11.2. The van der Waals surface area contributed by atoms with Crippen LogP contribution in [0.15, 0.2) is 12.1 Å². The van der Waals surface area contributed by atoms with Crippen LogP contribution in [0.2, 0.25) is 0 Å². The van der Waals surface area contributed by atoms with E-state index in [1.807, 2.05) is 0 Å². The minimum Gasteiger partial charge on any atom is -0.534 e. The number of benzene rings is 1. The summed E-state index contributed by atoms with van der Waals surface area (Å²) in [4.78, 5) is 11.2. The number of carbonyl (C=O) groups is 1. The molecule has 90 valence electrons. The quantitative estimate of drug-likeness (QED) is 0.609. The van der Waals surface area contributed by atoms with Crippen LogP contribution < -0.4 is 15.1 Å². The standard InChI is InChI=1S/C10H12BNO5/c1-16-6-3-2-5-4-7(12)11(15)17-9(5)8(6)10(13)14/h2-3,7,15H,4,12H2,1H3,(H,13,14). The first-order valence-electron chi connectivity index (χ1n) is 5.08. The summed E-state index contributed by atoms with van der Waals surface area (Å²) >= 11 is 0. The Morgan fingerprint density at radius 3 is 2.94 bits per heavy atom. The van der Waals surface area contributed by atoms with Gasteiger partial charge >= 0.3 is 13.1 Å². The van der Waals surface area contributed by atoms with E-state index in [-0.39, 0.29) is 17.1 Å². The molecule has 0 saturated carbocycles. The number of hydrogen-bond acceptors (Lipinski definition) is 5. The van der Waals surface area contributed by atoms with Crippen LogP contribution in [0.3, 0.4) is 0 Å². The van der Waals surface area contributed by atoms with Gasteiger partial charge in [0, 0.05) is 0 Å². The first-order chi connectivity index (χ1) is 8.04. The molecular formula is C10H12BNO5. The Kier molecular flexibility index (Phi) is 2.95. The van der Waals surface area contributed by atoms with Crippen LogP contribution in [0.25, 0.3) is 0 Å². The van der Waals surface area contributed by atoms with Crippen LogP contribution in [-0.2, 0) is 6.42 Å². The van der Waals surface area contributed by atoms with Crippen molar-refractivity contribution in [2.75, 3.05) is 7.11 Å². The zero-order chi connectivity index (χ0) is 12.6.